The van der Waals surface area contributed by atoms with Gasteiger partial charge in [0.25, 0.3) is 0 Å². The second-order valence-electron chi connectivity index (χ2n) is 6.48. The topological polar surface area (TPSA) is 73.9 Å². The number of aromatic amines is 1. The van der Waals surface area contributed by atoms with E-state index in [1.165, 1.54) is 0 Å². The van der Waals surface area contributed by atoms with Crippen molar-refractivity contribution in [3.8, 4) is 11.4 Å². The van der Waals surface area contributed by atoms with Crippen LogP contribution >= 0.6 is 11.6 Å². The Morgan fingerprint density at radius 1 is 1.42 bits per heavy atom. The molecule has 1 aromatic carbocycles. The number of pyridine rings is 1. The number of hydrogen-bond donors (Lipinski definition) is 2. The number of anilines is 1. The molecule has 0 radical (unpaired) electrons. The number of nitrogens with one attached hydrogen (secondary N) is 2. The highest BCUT2D eigenvalue weighted by molar-refractivity contribution is 6.33. The van der Waals surface area contributed by atoms with E-state index in [4.69, 9.17) is 11.6 Å². The van der Waals surface area contributed by atoms with Gasteiger partial charge in [-0.15, -0.1) is 0 Å². The summed E-state index contributed by atoms with van der Waals surface area (Å²) in [5.74, 6) is 1.66. The van der Waals surface area contributed by atoms with E-state index in [-0.39, 0.29) is 11.9 Å². The number of amides is 1. The van der Waals surface area contributed by atoms with Crippen LogP contribution in [0.1, 0.15) is 19.8 Å². The van der Waals surface area contributed by atoms with E-state index in [0.29, 0.717) is 11.4 Å². The SMILES string of the molecule is CCC(=O)NC1CCN(c2cc(-c3nc4ccccc4[nH]3)c(Cl)cn2)C1. The molecule has 7 heteroatoms. The van der Waals surface area contributed by atoms with Crippen molar-refractivity contribution in [2.45, 2.75) is 25.8 Å². The van der Waals surface area contributed by atoms with Gasteiger partial charge < -0.3 is 15.2 Å². The molecule has 1 amide bonds. The average molecular weight is 370 g/mol. The van der Waals surface area contributed by atoms with Gasteiger partial charge in [-0.3, -0.25) is 4.79 Å². The molecule has 0 saturated carbocycles. The number of imidazole rings is 1. The van der Waals surface area contributed by atoms with Gasteiger partial charge in [0.15, 0.2) is 0 Å². The van der Waals surface area contributed by atoms with Gasteiger partial charge in [0.2, 0.25) is 5.91 Å². The molecule has 6 nitrogen and oxygen atoms in total. The molecule has 0 aliphatic carbocycles. The minimum atomic E-state index is 0.0869. The summed E-state index contributed by atoms with van der Waals surface area (Å²) in [5, 5.41) is 3.61. The maximum atomic E-state index is 11.6. The number of benzene rings is 1. The molecule has 1 saturated heterocycles. The third-order valence-corrected chi connectivity index (χ3v) is 4.99. The first-order valence-electron chi connectivity index (χ1n) is 8.79. The summed E-state index contributed by atoms with van der Waals surface area (Å²) in [6.45, 7) is 3.46. The number of aromatic nitrogens is 3. The van der Waals surface area contributed by atoms with E-state index in [2.05, 4.69) is 25.2 Å². The van der Waals surface area contributed by atoms with Crippen LogP contribution < -0.4 is 10.2 Å². The van der Waals surface area contributed by atoms with Gasteiger partial charge >= 0.3 is 0 Å². The fourth-order valence-corrected chi connectivity index (χ4v) is 3.47. The molecular weight excluding hydrogens is 350 g/mol. The fraction of sp³-hybridized carbons (Fsp3) is 0.316. The molecule has 3 aromatic rings. The van der Waals surface area contributed by atoms with Crippen molar-refractivity contribution >= 4 is 34.4 Å². The van der Waals surface area contributed by atoms with Gasteiger partial charge in [-0.05, 0) is 24.6 Å². The number of carbonyl (C=O) groups is 1. The van der Waals surface area contributed by atoms with Gasteiger partial charge in [-0.2, -0.15) is 0 Å². The Hall–Kier alpha value is -2.60. The van der Waals surface area contributed by atoms with Crippen molar-refractivity contribution in [3.63, 3.8) is 0 Å². The monoisotopic (exact) mass is 369 g/mol. The summed E-state index contributed by atoms with van der Waals surface area (Å²) in [4.78, 5) is 26.2. The predicted octanol–water partition coefficient (Wildman–Crippen LogP) is 3.38. The zero-order valence-corrected chi connectivity index (χ0v) is 15.3. The van der Waals surface area contributed by atoms with Crippen molar-refractivity contribution in [2.75, 3.05) is 18.0 Å². The van der Waals surface area contributed by atoms with Gasteiger partial charge in [0, 0.05) is 37.3 Å². The lowest BCUT2D eigenvalue weighted by molar-refractivity contribution is -0.121. The molecule has 4 rings (SSSR count). The van der Waals surface area contributed by atoms with Crippen molar-refractivity contribution in [2.24, 2.45) is 0 Å². The Morgan fingerprint density at radius 3 is 3.08 bits per heavy atom. The Balaban J connectivity index is 1.60. The molecular formula is C19H20ClN5O. The van der Waals surface area contributed by atoms with Crippen LogP contribution in [0.3, 0.4) is 0 Å². The number of nitrogens with zero attached hydrogens (tertiary/aromatic N) is 3. The Bertz CT molecular complexity index is 921. The van der Waals surface area contributed by atoms with Crippen LogP contribution in [0.4, 0.5) is 5.82 Å². The van der Waals surface area contributed by atoms with Gasteiger partial charge in [0.1, 0.15) is 11.6 Å². The Labute approximate surface area is 156 Å². The smallest absolute Gasteiger partial charge is 0.219 e. The fourth-order valence-electron chi connectivity index (χ4n) is 3.28. The molecule has 1 unspecified atom stereocenters. The number of H-pyrrole nitrogens is 1. The summed E-state index contributed by atoms with van der Waals surface area (Å²) in [6, 6.07) is 10.0. The van der Waals surface area contributed by atoms with Crippen LogP contribution in [0, 0.1) is 0 Å². The molecule has 26 heavy (non-hydrogen) atoms. The molecule has 1 atom stereocenters. The highest BCUT2D eigenvalue weighted by atomic mass is 35.5. The van der Waals surface area contributed by atoms with Crippen LogP contribution in [0.5, 0.6) is 0 Å². The zero-order valence-electron chi connectivity index (χ0n) is 14.5. The molecule has 0 bridgehead atoms. The number of rotatable bonds is 4. The normalized spacial score (nSPS) is 17.0. The lowest BCUT2D eigenvalue weighted by atomic mass is 10.2. The van der Waals surface area contributed by atoms with E-state index in [1.807, 2.05) is 37.3 Å². The van der Waals surface area contributed by atoms with Crippen LogP contribution in [0.2, 0.25) is 5.02 Å². The standard InChI is InChI=1S/C19H20ClN5O/c1-2-18(26)22-12-7-8-25(11-12)17-9-13(14(20)10-21-17)19-23-15-5-3-4-6-16(15)24-19/h3-6,9-10,12H,2,7-8,11H2,1H3,(H,22,26)(H,23,24). The quantitative estimate of drug-likeness (QED) is 0.739. The first-order valence-corrected chi connectivity index (χ1v) is 9.17. The van der Waals surface area contributed by atoms with Gasteiger partial charge in [-0.25, -0.2) is 9.97 Å². The molecule has 0 spiro atoms. The minimum absolute atomic E-state index is 0.0869. The van der Waals surface area contributed by atoms with E-state index in [9.17, 15) is 4.79 Å². The summed E-state index contributed by atoms with van der Waals surface area (Å²) in [6.07, 6.45) is 3.08. The van der Waals surface area contributed by atoms with Crippen LogP contribution in [-0.2, 0) is 4.79 Å². The zero-order chi connectivity index (χ0) is 18.1. The van der Waals surface area contributed by atoms with E-state index < -0.39 is 0 Å². The Kier molecular flexibility index (Phi) is 4.51. The number of para-hydroxylation sites is 2. The van der Waals surface area contributed by atoms with Crippen molar-refractivity contribution < 1.29 is 4.79 Å². The summed E-state index contributed by atoms with van der Waals surface area (Å²) >= 11 is 6.38. The highest BCUT2D eigenvalue weighted by Crippen LogP contribution is 2.31. The predicted molar refractivity (Wildman–Crippen MR) is 103 cm³/mol. The molecule has 1 fully saturated rings. The first kappa shape index (κ1) is 16.8. The van der Waals surface area contributed by atoms with Gasteiger partial charge in [-0.1, -0.05) is 30.7 Å². The minimum Gasteiger partial charge on any atom is -0.354 e. The Morgan fingerprint density at radius 2 is 2.27 bits per heavy atom. The first-order chi connectivity index (χ1) is 12.6. The lowest BCUT2D eigenvalue weighted by Crippen LogP contribution is -2.36. The van der Waals surface area contributed by atoms with E-state index in [1.54, 1.807) is 6.20 Å². The van der Waals surface area contributed by atoms with Crippen molar-refractivity contribution in [1.29, 1.82) is 0 Å². The number of hydrogen-bond acceptors (Lipinski definition) is 4. The average Bonchev–Trinajstić information content (AvgIpc) is 3.28. The maximum absolute atomic E-state index is 11.6. The van der Waals surface area contributed by atoms with E-state index in [0.717, 1.165) is 47.7 Å². The van der Waals surface area contributed by atoms with Crippen LogP contribution in [0.15, 0.2) is 36.5 Å². The highest BCUT2D eigenvalue weighted by Gasteiger charge is 2.25. The number of halogens is 1. The third-order valence-electron chi connectivity index (χ3n) is 4.68. The van der Waals surface area contributed by atoms with Crippen molar-refractivity contribution in [1.82, 2.24) is 20.3 Å². The van der Waals surface area contributed by atoms with E-state index >= 15 is 0 Å². The molecule has 2 aromatic heterocycles. The summed E-state index contributed by atoms with van der Waals surface area (Å²) in [7, 11) is 0. The van der Waals surface area contributed by atoms with Crippen LogP contribution in [0.25, 0.3) is 22.4 Å². The molecule has 3 heterocycles. The largest absolute Gasteiger partial charge is 0.354 e. The lowest BCUT2D eigenvalue weighted by Gasteiger charge is -2.18. The molecule has 1 aliphatic rings. The van der Waals surface area contributed by atoms with Gasteiger partial charge in [0.05, 0.1) is 16.1 Å². The van der Waals surface area contributed by atoms with Crippen molar-refractivity contribution in [3.05, 3.63) is 41.6 Å². The molecule has 2 N–H and O–H groups in total. The summed E-state index contributed by atoms with van der Waals surface area (Å²) < 4.78 is 0. The second kappa shape index (κ2) is 6.96. The number of carbonyl (C=O) groups excluding carboxylic acids is 1. The summed E-state index contributed by atoms with van der Waals surface area (Å²) in [5.41, 5.74) is 2.70. The second-order valence-corrected chi connectivity index (χ2v) is 6.88. The maximum Gasteiger partial charge on any atom is 0.219 e. The number of fused-ring (bicyclic) bond motifs is 1. The van der Waals surface area contributed by atoms with Crippen LogP contribution in [-0.4, -0.2) is 40.0 Å². The molecule has 1 aliphatic heterocycles. The molecule has 134 valence electrons. The third kappa shape index (κ3) is 3.24.